The van der Waals surface area contributed by atoms with Gasteiger partial charge in [-0.1, -0.05) is 12.1 Å². The molecule has 2 rings (SSSR count). The van der Waals surface area contributed by atoms with Gasteiger partial charge in [-0.15, -0.1) is 0 Å². The SMILES string of the molecule is COCCN(CCOC)c1ccc(N)cc1-c1ccc(N(C)C)cc1. The fourth-order valence-electron chi connectivity index (χ4n) is 2.76. The van der Waals surface area contributed by atoms with Crippen LogP contribution in [0.25, 0.3) is 11.1 Å². The highest BCUT2D eigenvalue weighted by Gasteiger charge is 2.13. The zero-order chi connectivity index (χ0) is 18.2. The van der Waals surface area contributed by atoms with E-state index in [2.05, 4.69) is 40.1 Å². The van der Waals surface area contributed by atoms with E-state index < -0.39 is 0 Å². The Hall–Kier alpha value is -2.24. The molecule has 2 aromatic rings. The lowest BCUT2D eigenvalue weighted by Crippen LogP contribution is -2.31. The largest absolute Gasteiger partial charge is 0.399 e. The molecule has 136 valence electrons. The third-order valence-electron chi connectivity index (χ3n) is 4.19. The van der Waals surface area contributed by atoms with Crippen molar-refractivity contribution < 1.29 is 9.47 Å². The predicted molar refractivity (Wildman–Crippen MR) is 107 cm³/mol. The van der Waals surface area contributed by atoms with Crippen LogP contribution in [0.5, 0.6) is 0 Å². The van der Waals surface area contributed by atoms with Gasteiger partial charge in [0.25, 0.3) is 0 Å². The smallest absolute Gasteiger partial charge is 0.0637 e. The molecule has 0 atom stereocenters. The third kappa shape index (κ3) is 5.11. The second-order valence-electron chi connectivity index (χ2n) is 6.19. The van der Waals surface area contributed by atoms with Crippen molar-refractivity contribution in [1.29, 1.82) is 0 Å². The lowest BCUT2D eigenvalue weighted by Gasteiger charge is -2.27. The Morgan fingerprint density at radius 2 is 1.48 bits per heavy atom. The lowest BCUT2D eigenvalue weighted by atomic mass is 10.0. The molecule has 0 unspecified atom stereocenters. The standard InChI is InChI=1S/C20H29N3O2/c1-22(2)18-8-5-16(6-9-18)19-15-17(21)7-10-20(19)23(11-13-24-3)12-14-25-4/h5-10,15H,11-14,21H2,1-4H3. The summed E-state index contributed by atoms with van der Waals surface area (Å²) >= 11 is 0. The molecule has 0 aliphatic rings. The number of ether oxygens (including phenoxy) is 2. The molecule has 0 aromatic heterocycles. The van der Waals surface area contributed by atoms with Crippen LogP contribution in [0.2, 0.25) is 0 Å². The number of nitrogens with two attached hydrogens (primary N) is 1. The Kier molecular flexibility index (Phi) is 7.10. The van der Waals surface area contributed by atoms with E-state index >= 15 is 0 Å². The van der Waals surface area contributed by atoms with Gasteiger partial charge in [0.05, 0.1) is 13.2 Å². The van der Waals surface area contributed by atoms with Crippen molar-refractivity contribution in [3.8, 4) is 11.1 Å². The van der Waals surface area contributed by atoms with Gasteiger partial charge < -0.3 is 25.0 Å². The fourth-order valence-corrected chi connectivity index (χ4v) is 2.76. The van der Waals surface area contributed by atoms with Crippen LogP contribution in [0.3, 0.4) is 0 Å². The average molecular weight is 343 g/mol. The van der Waals surface area contributed by atoms with E-state index in [1.807, 2.05) is 26.2 Å². The topological polar surface area (TPSA) is 51.0 Å². The van der Waals surface area contributed by atoms with Crippen LogP contribution in [0.1, 0.15) is 0 Å². The molecule has 0 radical (unpaired) electrons. The molecule has 25 heavy (non-hydrogen) atoms. The molecular weight excluding hydrogens is 314 g/mol. The fraction of sp³-hybridized carbons (Fsp3) is 0.400. The minimum atomic E-state index is 0.660. The molecule has 2 aromatic carbocycles. The summed E-state index contributed by atoms with van der Waals surface area (Å²) in [5.74, 6) is 0. The molecule has 5 heteroatoms. The van der Waals surface area contributed by atoms with Gasteiger partial charge in [-0.25, -0.2) is 0 Å². The van der Waals surface area contributed by atoms with E-state index in [-0.39, 0.29) is 0 Å². The highest BCUT2D eigenvalue weighted by atomic mass is 16.5. The minimum Gasteiger partial charge on any atom is -0.399 e. The molecule has 0 amide bonds. The number of anilines is 3. The summed E-state index contributed by atoms with van der Waals surface area (Å²) in [5.41, 5.74) is 11.4. The summed E-state index contributed by atoms with van der Waals surface area (Å²) in [5, 5.41) is 0. The lowest BCUT2D eigenvalue weighted by molar-refractivity contribution is 0.190. The van der Waals surface area contributed by atoms with Crippen molar-refractivity contribution in [2.24, 2.45) is 0 Å². The monoisotopic (exact) mass is 343 g/mol. The van der Waals surface area contributed by atoms with Crippen LogP contribution in [0, 0.1) is 0 Å². The van der Waals surface area contributed by atoms with Crippen molar-refractivity contribution in [1.82, 2.24) is 0 Å². The summed E-state index contributed by atoms with van der Waals surface area (Å²) in [6, 6.07) is 14.6. The number of benzene rings is 2. The molecule has 2 N–H and O–H groups in total. The van der Waals surface area contributed by atoms with Gasteiger partial charge in [0.2, 0.25) is 0 Å². The Balaban J connectivity index is 2.40. The first-order valence-electron chi connectivity index (χ1n) is 8.47. The number of rotatable bonds is 9. The van der Waals surface area contributed by atoms with Gasteiger partial charge in [0.15, 0.2) is 0 Å². The second-order valence-corrected chi connectivity index (χ2v) is 6.19. The van der Waals surface area contributed by atoms with E-state index in [1.165, 1.54) is 5.69 Å². The Labute approximate surface area is 150 Å². The van der Waals surface area contributed by atoms with Crippen molar-refractivity contribution in [2.45, 2.75) is 0 Å². The van der Waals surface area contributed by atoms with E-state index in [4.69, 9.17) is 15.2 Å². The molecule has 0 fully saturated rings. The molecule has 0 aliphatic carbocycles. The van der Waals surface area contributed by atoms with Crippen molar-refractivity contribution in [3.05, 3.63) is 42.5 Å². The van der Waals surface area contributed by atoms with Crippen LogP contribution >= 0.6 is 0 Å². The first-order valence-corrected chi connectivity index (χ1v) is 8.47. The van der Waals surface area contributed by atoms with Gasteiger partial charge in [0, 0.05) is 64.0 Å². The molecule has 0 saturated heterocycles. The predicted octanol–water partition coefficient (Wildman–Crippen LogP) is 3.10. The summed E-state index contributed by atoms with van der Waals surface area (Å²) in [6.07, 6.45) is 0. The van der Waals surface area contributed by atoms with E-state index in [9.17, 15) is 0 Å². The normalized spacial score (nSPS) is 10.7. The van der Waals surface area contributed by atoms with Crippen molar-refractivity contribution in [3.63, 3.8) is 0 Å². The highest BCUT2D eigenvalue weighted by Crippen LogP contribution is 2.33. The number of nitrogen functional groups attached to an aromatic ring is 1. The van der Waals surface area contributed by atoms with Gasteiger partial charge >= 0.3 is 0 Å². The Bertz CT molecular complexity index is 648. The zero-order valence-corrected chi connectivity index (χ0v) is 15.7. The summed E-state index contributed by atoms with van der Waals surface area (Å²) in [6.45, 7) is 2.92. The Morgan fingerprint density at radius 1 is 0.880 bits per heavy atom. The van der Waals surface area contributed by atoms with E-state index in [0.717, 1.165) is 35.6 Å². The maximum absolute atomic E-state index is 6.07. The Morgan fingerprint density at radius 3 is 2.00 bits per heavy atom. The molecular formula is C20H29N3O2. The summed E-state index contributed by atoms with van der Waals surface area (Å²) < 4.78 is 10.5. The average Bonchev–Trinajstić information content (AvgIpc) is 2.62. The molecule has 0 bridgehead atoms. The zero-order valence-electron chi connectivity index (χ0n) is 15.7. The van der Waals surface area contributed by atoms with E-state index in [1.54, 1.807) is 14.2 Å². The molecule has 0 spiro atoms. The molecule has 0 saturated carbocycles. The number of hydrogen-bond donors (Lipinski definition) is 1. The first-order chi connectivity index (χ1) is 12.1. The van der Waals surface area contributed by atoms with Crippen molar-refractivity contribution >= 4 is 17.1 Å². The number of methoxy groups -OCH3 is 2. The van der Waals surface area contributed by atoms with Crippen LogP contribution in [0.4, 0.5) is 17.1 Å². The third-order valence-corrected chi connectivity index (χ3v) is 4.19. The van der Waals surface area contributed by atoms with Crippen LogP contribution in [-0.2, 0) is 9.47 Å². The van der Waals surface area contributed by atoms with Gasteiger partial charge in [-0.2, -0.15) is 0 Å². The quantitative estimate of drug-likeness (QED) is 0.709. The maximum atomic E-state index is 6.07. The van der Waals surface area contributed by atoms with Gasteiger partial charge in [0.1, 0.15) is 0 Å². The van der Waals surface area contributed by atoms with E-state index in [0.29, 0.717) is 13.2 Å². The first kappa shape index (κ1) is 19.1. The highest BCUT2D eigenvalue weighted by molar-refractivity contribution is 5.82. The van der Waals surface area contributed by atoms with Crippen LogP contribution < -0.4 is 15.5 Å². The second kappa shape index (κ2) is 9.30. The summed E-state index contributed by atoms with van der Waals surface area (Å²) in [7, 11) is 7.52. The van der Waals surface area contributed by atoms with Crippen molar-refractivity contribution in [2.75, 3.05) is 70.2 Å². The van der Waals surface area contributed by atoms with Crippen LogP contribution in [-0.4, -0.2) is 54.6 Å². The van der Waals surface area contributed by atoms with Gasteiger partial charge in [-0.05, 0) is 35.9 Å². The van der Waals surface area contributed by atoms with Crippen LogP contribution in [0.15, 0.2) is 42.5 Å². The molecule has 5 nitrogen and oxygen atoms in total. The number of nitrogens with zero attached hydrogens (tertiary/aromatic N) is 2. The molecule has 0 aliphatic heterocycles. The number of hydrogen-bond acceptors (Lipinski definition) is 5. The van der Waals surface area contributed by atoms with Gasteiger partial charge in [-0.3, -0.25) is 0 Å². The molecule has 0 heterocycles. The summed E-state index contributed by atoms with van der Waals surface area (Å²) in [4.78, 5) is 4.37. The maximum Gasteiger partial charge on any atom is 0.0637 e. The minimum absolute atomic E-state index is 0.660.